The fourth-order valence-corrected chi connectivity index (χ4v) is 6.58. The van der Waals surface area contributed by atoms with Gasteiger partial charge in [-0.15, -0.1) is 59.3 Å². The summed E-state index contributed by atoms with van der Waals surface area (Å²) >= 11 is 0. The number of aryl methyl sites for hydroxylation is 2. The Balaban J connectivity index is 0.000000289. The van der Waals surface area contributed by atoms with Gasteiger partial charge >= 0.3 is 0 Å². The molecule has 0 aliphatic carbocycles. The van der Waals surface area contributed by atoms with Crippen LogP contribution in [-0.4, -0.2) is 17.0 Å². The Bertz CT molecular complexity index is 2370. The first-order valence-corrected chi connectivity index (χ1v) is 19.5. The van der Waals surface area contributed by atoms with Crippen LogP contribution in [0.4, 0.5) is 22.7 Å². The quantitative estimate of drug-likeness (QED) is 0.112. The topological polar surface area (TPSA) is 84.2 Å². The van der Waals surface area contributed by atoms with E-state index in [9.17, 15) is 0 Å². The van der Waals surface area contributed by atoms with Crippen molar-refractivity contribution in [3.05, 3.63) is 173 Å². The summed E-state index contributed by atoms with van der Waals surface area (Å²) in [6, 6.07) is 47.2. The van der Waals surface area contributed by atoms with Crippen LogP contribution in [0.1, 0.15) is 88.0 Å². The molecule has 1 aliphatic heterocycles. The maximum absolute atomic E-state index is 9.14. The maximum Gasteiger partial charge on any atom is 0.235 e. The first-order chi connectivity index (χ1) is 27.7. The second kappa shape index (κ2) is 19.1. The first kappa shape index (κ1) is 44.0. The number of benzene rings is 4. The van der Waals surface area contributed by atoms with E-state index in [0.29, 0.717) is 16.8 Å². The van der Waals surface area contributed by atoms with Crippen molar-refractivity contribution in [3.63, 3.8) is 0 Å². The van der Waals surface area contributed by atoms with Crippen LogP contribution in [0.3, 0.4) is 0 Å². The van der Waals surface area contributed by atoms with Crippen molar-refractivity contribution in [3.8, 4) is 34.7 Å². The molecule has 8 heteroatoms. The van der Waals surface area contributed by atoms with Gasteiger partial charge in [0.05, 0.1) is 0 Å². The van der Waals surface area contributed by atoms with Crippen LogP contribution in [0.5, 0.6) is 0 Å². The third-order valence-electron chi connectivity index (χ3n) is 10.0. The summed E-state index contributed by atoms with van der Waals surface area (Å²) in [5, 5.41) is 17.9. The van der Waals surface area contributed by atoms with E-state index in [2.05, 4.69) is 123 Å². The van der Waals surface area contributed by atoms with Crippen molar-refractivity contribution in [2.45, 2.75) is 78.1 Å². The number of nitrogens with zero attached hydrogens (tertiary/aromatic N) is 7. The Kier molecular flexibility index (Phi) is 14.2. The van der Waals surface area contributed by atoms with Gasteiger partial charge in [-0.05, 0) is 95.9 Å². The summed E-state index contributed by atoms with van der Waals surface area (Å²) < 4.78 is 0. The zero-order chi connectivity index (χ0) is 41.5. The van der Waals surface area contributed by atoms with E-state index in [1.165, 1.54) is 11.1 Å². The van der Waals surface area contributed by atoms with E-state index >= 15 is 0 Å². The second-order valence-corrected chi connectivity index (χ2v) is 16.5. The minimum atomic E-state index is -0.00324. The van der Waals surface area contributed by atoms with Gasteiger partial charge in [0.15, 0.2) is 0 Å². The molecule has 6 aromatic rings. The molecule has 2 aromatic heterocycles. The third kappa shape index (κ3) is 11.1. The second-order valence-electron chi connectivity index (χ2n) is 16.5. The van der Waals surface area contributed by atoms with Crippen LogP contribution in [0.25, 0.3) is 27.4 Å². The van der Waals surface area contributed by atoms with Crippen LogP contribution in [0.15, 0.2) is 103 Å². The van der Waals surface area contributed by atoms with Crippen molar-refractivity contribution in [2.24, 2.45) is 0 Å². The number of aromatic nitrogens is 2. The SMILES string of the molecule is CN1[CH-]N(c2[c-]cc(C#N)cc2)c2ccccc21.[C-]#[N+]c1c[c-]c(-c2cc(C(C)(C)C)cc(CCCCc3cc(C(C)(C)C)cc(-c4[c-]cc(C#N)cc4)n3)n2)cc1.[Ir]. The molecule has 0 unspecified atom stereocenters. The number of hydrogen-bond acceptors (Lipinski definition) is 6. The van der Waals surface area contributed by atoms with E-state index in [1.54, 1.807) is 24.3 Å². The van der Waals surface area contributed by atoms with Gasteiger partial charge in [-0.2, -0.15) is 29.7 Å². The summed E-state index contributed by atoms with van der Waals surface area (Å²) in [7, 11) is 2.02. The van der Waals surface area contributed by atoms with Gasteiger partial charge in [-0.1, -0.05) is 83.5 Å². The molecule has 1 aliphatic rings. The van der Waals surface area contributed by atoms with Crippen LogP contribution in [0.2, 0.25) is 0 Å². The smallest absolute Gasteiger partial charge is 0.235 e. The molecule has 0 fully saturated rings. The Labute approximate surface area is 364 Å². The van der Waals surface area contributed by atoms with Crippen molar-refractivity contribution < 1.29 is 20.1 Å². The van der Waals surface area contributed by atoms with Crippen LogP contribution >= 0.6 is 0 Å². The molecule has 0 spiro atoms. The average molecular weight is 950 g/mol. The standard InChI is InChI=1S/C36H36N4.C15H11N3.Ir/c1-35(2,3)28-20-31(39-33(22-28)26-14-12-25(24-37)13-15-26)10-8-9-11-32-21-29(36(4,5)6)23-34(40-32)27-16-18-30(38-7)19-17-27;1-17-11-18(15-5-3-2-4-14(15)17)13-8-6-12(10-16)7-9-13;/h12-14,16,18-23H,8-11H2,1-6H3;2-8,11H,1H3;/q2*-2;. The van der Waals surface area contributed by atoms with E-state index < -0.39 is 0 Å². The molecule has 7 rings (SSSR count). The summed E-state index contributed by atoms with van der Waals surface area (Å²) in [6.45, 7) is 22.5. The number of nitriles is 2. The fraction of sp³-hybridized carbons (Fsp3) is 0.255. The number of rotatable bonds is 8. The molecule has 0 amide bonds. The molecule has 0 bridgehead atoms. The van der Waals surface area contributed by atoms with Crippen molar-refractivity contribution in [1.29, 1.82) is 10.5 Å². The summed E-state index contributed by atoms with van der Waals surface area (Å²) in [6.07, 6.45) is 3.76. The predicted molar refractivity (Wildman–Crippen MR) is 233 cm³/mol. The number of fused-ring (bicyclic) bond motifs is 1. The molecule has 0 atom stereocenters. The van der Waals surface area contributed by atoms with E-state index in [1.807, 2.05) is 56.2 Å². The molecule has 59 heavy (non-hydrogen) atoms. The average Bonchev–Trinajstić information content (AvgIpc) is 3.57. The van der Waals surface area contributed by atoms with Crippen molar-refractivity contribution in [2.75, 3.05) is 16.8 Å². The van der Waals surface area contributed by atoms with Gasteiger partial charge in [0.2, 0.25) is 5.69 Å². The zero-order valence-corrected chi connectivity index (χ0v) is 37.1. The molecule has 0 saturated heterocycles. The summed E-state index contributed by atoms with van der Waals surface area (Å²) in [4.78, 5) is 17.6. The Hall–Kier alpha value is -6.10. The van der Waals surface area contributed by atoms with Gasteiger partial charge in [0.25, 0.3) is 0 Å². The summed E-state index contributed by atoms with van der Waals surface area (Å²) in [5.74, 6) is 0. The summed E-state index contributed by atoms with van der Waals surface area (Å²) in [5.41, 5.74) is 13.3. The number of pyridine rings is 2. The molecule has 3 heterocycles. The zero-order valence-electron chi connectivity index (χ0n) is 34.7. The number of hydrogen-bond donors (Lipinski definition) is 0. The van der Waals surface area contributed by atoms with Gasteiger partial charge in [-0.25, -0.2) is 10.5 Å². The van der Waals surface area contributed by atoms with Gasteiger partial charge in [0, 0.05) is 55.0 Å². The molecule has 299 valence electrons. The molecule has 4 aromatic carbocycles. The van der Waals surface area contributed by atoms with Gasteiger partial charge < -0.3 is 19.8 Å². The number of unbranched alkanes of at least 4 members (excludes halogenated alkanes) is 1. The van der Waals surface area contributed by atoms with Crippen LogP contribution in [0, 0.1) is 54.1 Å². The Morgan fingerprint density at radius 3 is 1.63 bits per heavy atom. The first-order valence-electron chi connectivity index (χ1n) is 19.5. The Morgan fingerprint density at radius 2 is 1.19 bits per heavy atom. The van der Waals surface area contributed by atoms with Gasteiger partial charge in [0.1, 0.15) is 6.57 Å². The fourth-order valence-electron chi connectivity index (χ4n) is 6.58. The maximum atomic E-state index is 9.14. The molecular formula is C51H47IrN7-4. The molecule has 1 radical (unpaired) electrons. The monoisotopic (exact) mass is 950 g/mol. The Morgan fingerprint density at radius 1 is 0.678 bits per heavy atom. The normalized spacial score (nSPS) is 11.9. The van der Waals surface area contributed by atoms with Crippen molar-refractivity contribution in [1.82, 2.24) is 9.97 Å². The number of para-hydroxylation sites is 2. The molecule has 0 N–H and O–H groups in total. The largest absolute Gasteiger partial charge is 0.504 e. The van der Waals surface area contributed by atoms with Crippen LogP contribution in [-0.2, 0) is 43.8 Å². The molecule has 0 saturated carbocycles. The van der Waals surface area contributed by atoms with E-state index in [0.717, 1.165) is 76.6 Å². The van der Waals surface area contributed by atoms with Crippen molar-refractivity contribution >= 4 is 22.7 Å². The number of anilines is 3. The van der Waals surface area contributed by atoms with Gasteiger partial charge in [-0.3, -0.25) is 0 Å². The van der Waals surface area contributed by atoms with E-state index in [-0.39, 0.29) is 30.9 Å². The third-order valence-corrected chi connectivity index (χ3v) is 10.0. The minimum Gasteiger partial charge on any atom is -0.504 e. The molecular weight excluding hydrogens is 903 g/mol. The van der Waals surface area contributed by atoms with E-state index in [4.69, 9.17) is 27.1 Å². The predicted octanol–water partition coefficient (Wildman–Crippen LogP) is 12.1. The minimum absolute atomic E-state index is 0. The molecule has 7 nitrogen and oxygen atoms in total. The van der Waals surface area contributed by atoms with Crippen LogP contribution < -0.4 is 9.80 Å².